The van der Waals surface area contributed by atoms with E-state index in [9.17, 15) is 19.1 Å². The molecule has 0 aromatic rings. The number of rotatable bonds is 2. The summed E-state index contributed by atoms with van der Waals surface area (Å²) in [7, 11) is 0. The van der Waals surface area contributed by atoms with Crippen molar-refractivity contribution < 1.29 is 19.1 Å². The number of halogens is 1. The predicted octanol–water partition coefficient (Wildman–Crippen LogP) is 5.23. The van der Waals surface area contributed by atoms with Crippen LogP contribution in [0.1, 0.15) is 52.9 Å². The summed E-state index contributed by atoms with van der Waals surface area (Å²) in [4.78, 5) is 24.6. The Hall–Kier alpha value is -1.10. The molecule has 3 fully saturated rings. The van der Waals surface area contributed by atoms with E-state index in [4.69, 9.17) is 0 Å². The third-order valence-corrected chi connectivity index (χ3v) is 9.16. The molecular formula is C22H29FO3S. The maximum Gasteiger partial charge on any atom is 0.195 e. The average Bonchev–Trinajstić information content (AvgIpc) is 2.87. The highest BCUT2D eigenvalue weighted by Gasteiger charge is 2.62. The summed E-state index contributed by atoms with van der Waals surface area (Å²) in [6.45, 7) is 6.48. The van der Waals surface area contributed by atoms with Gasteiger partial charge in [0.25, 0.3) is 0 Å². The molecule has 4 aliphatic carbocycles. The van der Waals surface area contributed by atoms with Crippen molar-refractivity contribution in [2.45, 2.75) is 52.9 Å². The van der Waals surface area contributed by atoms with E-state index in [0.29, 0.717) is 17.8 Å². The molecule has 4 rings (SSSR count). The van der Waals surface area contributed by atoms with E-state index in [1.807, 2.05) is 0 Å². The van der Waals surface area contributed by atoms with Crippen LogP contribution in [-0.2, 0) is 9.59 Å². The molecule has 0 spiro atoms. The molecule has 7 atom stereocenters. The Labute approximate surface area is 164 Å². The first-order chi connectivity index (χ1) is 12.7. The van der Waals surface area contributed by atoms with Crippen LogP contribution < -0.4 is 0 Å². The van der Waals surface area contributed by atoms with Gasteiger partial charge in [-0.2, -0.15) is 0 Å². The zero-order valence-electron chi connectivity index (χ0n) is 16.3. The van der Waals surface area contributed by atoms with E-state index < -0.39 is 11.4 Å². The molecule has 3 saturated carbocycles. The highest BCUT2D eigenvalue weighted by molar-refractivity contribution is 8.13. The lowest BCUT2D eigenvalue weighted by Crippen LogP contribution is -2.51. The van der Waals surface area contributed by atoms with Gasteiger partial charge in [-0.3, -0.25) is 9.59 Å². The van der Waals surface area contributed by atoms with Crippen LogP contribution in [-0.4, -0.2) is 22.0 Å². The Morgan fingerprint density at radius 1 is 1.30 bits per heavy atom. The van der Waals surface area contributed by atoms with Gasteiger partial charge in [-0.05, 0) is 74.2 Å². The number of aliphatic hydroxyl groups is 1. The molecule has 148 valence electrons. The van der Waals surface area contributed by atoms with Crippen LogP contribution in [0.4, 0.5) is 4.39 Å². The summed E-state index contributed by atoms with van der Waals surface area (Å²) >= 11 is 0.833. The van der Waals surface area contributed by atoms with Gasteiger partial charge < -0.3 is 5.11 Å². The molecule has 0 amide bonds. The fraction of sp³-hybridized carbons (Fsp3) is 0.727. The van der Waals surface area contributed by atoms with Gasteiger partial charge in [-0.25, -0.2) is 4.39 Å². The quantitative estimate of drug-likeness (QED) is 0.699. The van der Waals surface area contributed by atoms with Crippen molar-refractivity contribution >= 4 is 22.7 Å². The van der Waals surface area contributed by atoms with Crippen molar-refractivity contribution in [3.05, 3.63) is 23.5 Å². The average molecular weight is 393 g/mol. The fourth-order valence-electron chi connectivity index (χ4n) is 7.31. The van der Waals surface area contributed by atoms with E-state index in [2.05, 4.69) is 20.8 Å². The summed E-state index contributed by atoms with van der Waals surface area (Å²) in [5.41, 5.74) is 0.544. The first-order valence-electron chi connectivity index (χ1n) is 10.1. The zero-order valence-corrected chi connectivity index (χ0v) is 17.2. The Balaban J connectivity index is 1.68. The maximum absolute atomic E-state index is 12.8. The minimum absolute atomic E-state index is 0.0158. The lowest BCUT2D eigenvalue weighted by atomic mass is 9.47. The minimum atomic E-state index is -0.645. The van der Waals surface area contributed by atoms with Crippen molar-refractivity contribution in [2.75, 3.05) is 6.01 Å². The molecule has 4 aliphatic rings. The van der Waals surface area contributed by atoms with Crippen LogP contribution in [0.25, 0.3) is 0 Å². The van der Waals surface area contributed by atoms with Gasteiger partial charge in [0.15, 0.2) is 10.9 Å². The molecule has 0 aromatic carbocycles. The van der Waals surface area contributed by atoms with Gasteiger partial charge in [0.2, 0.25) is 0 Å². The number of carbonyl (C=O) groups is 2. The molecule has 5 heteroatoms. The van der Waals surface area contributed by atoms with Gasteiger partial charge >= 0.3 is 0 Å². The number of carbonyl (C=O) groups excluding carboxylic acids is 2. The topological polar surface area (TPSA) is 54.4 Å². The first kappa shape index (κ1) is 19.2. The van der Waals surface area contributed by atoms with E-state index in [1.165, 1.54) is 6.08 Å². The van der Waals surface area contributed by atoms with Crippen LogP contribution in [0.5, 0.6) is 0 Å². The summed E-state index contributed by atoms with van der Waals surface area (Å²) in [6, 6.07) is -0.645. The lowest BCUT2D eigenvalue weighted by Gasteiger charge is -2.57. The second-order valence-electron chi connectivity index (χ2n) is 9.53. The molecular weight excluding hydrogens is 363 g/mol. The normalized spacial score (nSPS) is 46.1. The van der Waals surface area contributed by atoms with Crippen LogP contribution in [0.3, 0.4) is 0 Å². The Bertz CT molecular complexity index is 744. The summed E-state index contributed by atoms with van der Waals surface area (Å²) in [5.74, 6) is 1.46. The van der Waals surface area contributed by atoms with Crippen molar-refractivity contribution in [3.8, 4) is 0 Å². The Morgan fingerprint density at radius 3 is 2.74 bits per heavy atom. The second-order valence-corrected chi connectivity index (χ2v) is 10.4. The van der Waals surface area contributed by atoms with Crippen molar-refractivity contribution in [3.63, 3.8) is 0 Å². The lowest BCUT2D eigenvalue weighted by molar-refractivity contribution is -0.122. The van der Waals surface area contributed by atoms with E-state index in [1.54, 1.807) is 6.08 Å². The van der Waals surface area contributed by atoms with Crippen LogP contribution in [0.2, 0.25) is 0 Å². The third-order valence-electron chi connectivity index (χ3n) is 8.51. The van der Waals surface area contributed by atoms with Gasteiger partial charge in [0.1, 0.15) is 11.8 Å². The smallest absolute Gasteiger partial charge is 0.195 e. The third kappa shape index (κ3) is 2.60. The molecule has 0 radical (unpaired) electrons. The van der Waals surface area contributed by atoms with Crippen LogP contribution >= 0.6 is 11.8 Å². The molecule has 0 aromatic heterocycles. The number of fused-ring (bicyclic) bond motifs is 5. The SMILES string of the molecule is C[C@@H]1C[C@H]2[C@@H]3CCC4=CC(=O)C=C(O)[C@]4(C)[C@H]3CC[C@]2(C)C1C(=O)SCF. The minimum Gasteiger partial charge on any atom is -0.511 e. The predicted molar refractivity (Wildman–Crippen MR) is 105 cm³/mol. The van der Waals surface area contributed by atoms with E-state index in [0.717, 1.165) is 49.4 Å². The number of allylic oxidation sites excluding steroid dienone is 3. The molecule has 27 heavy (non-hydrogen) atoms. The number of thioether (sulfide) groups is 1. The molecule has 3 nitrogen and oxygen atoms in total. The van der Waals surface area contributed by atoms with Crippen molar-refractivity contribution in [1.82, 2.24) is 0 Å². The highest BCUT2D eigenvalue weighted by atomic mass is 32.2. The first-order valence-corrected chi connectivity index (χ1v) is 11.1. The Kier molecular flexibility index (Phi) is 4.60. The number of aliphatic hydroxyl groups excluding tert-OH is 1. The standard InChI is InChI=1S/C22H29FO3S/c1-12-8-17-15-5-4-13-9-14(24)10-18(25)22(13,3)16(15)6-7-21(17,2)19(12)20(26)27-11-23/h9-10,12,15-17,19,25H,4-8,11H2,1-3H3/t12-,15-,16+,17+,19?,21+,22+/m1/s1. The number of hydrogen-bond acceptors (Lipinski definition) is 4. The second kappa shape index (κ2) is 6.47. The number of ketones is 1. The largest absolute Gasteiger partial charge is 0.511 e. The van der Waals surface area contributed by atoms with Crippen LogP contribution in [0.15, 0.2) is 23.5 Å². The summed E-state index contributed by atoms with van der Waals surface area (Å²) in [5, 5.41) is 10.8. The van der Waals surface area contributed by atoms with E-state index >= 15 is 0 Å². The molecule has 0 heterocycles. The van der Waals surface area contributed by atoms with Gasteiger partial charge in [0, 0.05) is 17.4 Å². The zero-order chi connectivity index (χ0) is 19.6. The van der Waals surface area contributed by atoms with E-state index in [-0.39, 0.29) is 33.9 Å². The number of hydrogen-bond donors (Lipinski definition) is 1. The fourth-order valence-corrected chi connectivity index (χ4v) is 8.10. The van der Waals surface area contributed by atoms with Crippen LogP contribution in [0, 0.1) is 40.4 Å². The highest BCUT2D eigenvalue weighted by Crippen LogP contribution is 2.68. The van der Waals surface area contributed by atoms with Crippen molar-refractivity contribution in [2.24, 2.45) is 40.4 Å². The van der Waals surface area contributed by atoms with Gasteiger partial charge in [0.05, 0.1) is 0 Å². The van der Waals surface area contributed by atoms with Gasteiger partial charge in [-0.15, -0.1) is 0 Å². The summed E-state index contributed by atoms with van der Waals surface area (Å²) < 4.78 is 12.8. The summed E-state index contributed by atoms with van der Waals surface area (Å²) in [6.07, 6.45) is 7.83. The molecule has 0 bridgehead atoms. The monoisotopic (exact) mass is 392 g/mol. The Morgan fingerprint density at radius 2 is 2.04 bits per heavy atom. The van der Waals surface area contributed by atoms with Crippen molar-refractivity contribution in [1.29, 1.82) is 0 Å². The molecule has 1 N–H and O–H groups in total. The maximum atomic E-state index is 12.8. The molecule has 0 saturated heterocycles. The molecule has 1 unspecified atom stereocenters. The molecule has 0 aliphatic heterocycles. The number of alkyl halides is 1. The van der Waals surface area contributed by atoms with Gasteiger partial charge in [-0.1, -0.05) is 31.2 Å².